The second kappa shape index (κ2) is 15.8. The molecule has 0 saturated heterocycles. The average Bonchev–Trinajstić information content (AvgIpc) is 3.82. The van der Waals surface area contributed by atoms with Gasteiger partial charge in [-0.1, -0.05) is 103 Å². The quantitative estimate of drug-likeness (QED) is 0.0786. The summed E-state index contributed by atoms with van der Waals surface area (Å²) in [6.07, 6.45) is 3.46. The molecule has 1 atom stereocenters. The lowest BCUT2D eigenvalue weighted by atomic mass is 10.1. The Labute approximate surface area is 309 Å². The van der Waals surface area contributed by atoms with Crippen molar-refractivity contribution in [3.05, 3.63) is 173 Å². The van der Waals surface area contributed by atoms with Crippen molar-refractivity contribution in [3.8, 4) is 11.3 Å². The van der Waals surface area contributed by atoms with Crippen LogP contribution in [-0.4, -0.2) is 27.7 Å². The molecule has 52 heavy (non-hydrogen) atoms. The van der Waals surface area contributed by atoms with Crippen LogP contribution in [0.15, 0.2) is 156 Å². The Hall–Kier alpha value is -6.23. The summed E-state index contributed by atoms with van der Waals surface area (Å²) in [5.41, 5.74) is 6.43. The fraction of sp³-hybridized carbons (Fsp3) is 0.0476. The fourth-order valence-corrected chi connectivity index (χ4v) is 7.36. The van der Waals surface area contributed by atoms with E-state index in [2.05, 4.69) is 25.9 Å². The van der Waals surface area contributed by atoms with Crippen molar-refractivity contribution >= 4 is 68.6 Å². The summed E-state index contributed by atoms with van der Waals surface area (Å²) < 4.78 is 0. The van der Waals surface area contributed by atoms with Crippen LogP contribution in [0.1, 0.15) is 32.3 Å². The number of nitrogens with zero attached hydrogens (tertiary/aromatic N) is 1. The van der Waals surface area contributed by atoms with Crippen LogP contribution in [-0.2, 0) is 9.59 Å². The lowest BCUT2D eigenvalue weighted by Gasteiger charge is -2.17. The molecule has 0 aliphatic rings. The van der Waals surface area contributed by atoms with Crippen molar-refractivity contribution in [2.45, 2.75) is 17.1 Å². The third-order valence-electron chi connectivity index (χ3n) is 8.22. The number of carbonyl (C=O) groups excluding carboxylic acids is 3. The maximum atomic E-state index is 13.8. The Bertz CT molecular complexity index is 2390. The summed E-state index contributed by atoms with van der Waals surface area (Å²) in [6, 6.07) is 41.4. The number of aromatic amines is 1. The van der Waals surface area contributed by atoms with E-state index in [0.717, 1.165) is 43.7 Å². The molecule has 2 aromatic heterocycles. The number of carbonyl (C=O) groups is 3. The number of fused-ring (bicyclic) bond motifs is 1. The van der Waals surface area contributed by atoms with Crippen LogP contribution in [0.25, 0.3) is 28.2 Å². The number of amides is 3. The standard InChI is InChI=1S/C42H33N5O3S2/c1-27-19-21-28(22-20-27)37-26-51-42(46-37)47-41(50)38(29-11-4-2-5-12-29)52-33-16-10-15-32(24-33)44-40(49)36(45-39(48)30-13-6-3-7-14-30)23-31-25-43-35-18-9-8-17-34(31)35/h2-26,38,43H,1H3,(H,44,49)(H,45,48)(H,46,47,50)/b36-23-. The van der Waals surface area contributed by atoms with Crippen molar-refractivity contribution in [1.29, 1.82) is 0 Å². The first kappa shape index (κ1) is 34.2. The van der Waals surface area contributed by atoms with E-state index in [-0.39, 0.29) is 11.6 Å². The number of aryl methyl sites for hydroxylation is 1. The minimum atomic E-state index is -0.610. The third kappa shape index (κ3) is 8.21. The van der Waals surface area contributed by atoms with E-state index in [4.69, 9.17) is 0 Å². The molecule has 7 rings (SSSR count). The molecule has 0 spiro atoms. The van der Waals surface area contributed by atoms with Crippen LogP contribution in [0.3, 0.4) is 0 Å². The highest BCUT2D eigenvalue weighted by atomic mass is 32.2. The van der Waals surface area contributed by atoms with E-state index < -0.39 is 17.1 Å². The molecule has 0 aliphatic carbocycles. The Morgan fingerprint density at radius 1 is 0.808 bits per heavy atom. The van der Waals surface area contributed by atoms with Crippen molar-refractivity contribution < 1.29 is 14.4 Å². The number of rotatable bonds is 11. The molecule has 0 radical (unpaired) electrons. The summed E-state index contributed by atoms with van der Waals surface area (Å²) in [4.78, 5) is 49.5. The molecule has 0 aliphatic heterocycles. The summed E-state index contributed by atoms with van der Waals surface area (Å²) in [7, 11) is 0. The molecule has 0 bridgehead atoms. The van der Waals surface area contributed by atoms with Gasteiger partial charge in [0.1, 0.15) is 10.9 Å². The van der Waals surface area contributed by atoms with Crippen molar-refractivity contribution in [3.63, 3.8) is 0 Å². The van der Waals surface area contributed by atoms with E-state index in [1.807, 2.05) is 115 Å². The van der Waals surface area contributed by atoms with Gasteiger partial charge in [-0.2, -0.15) is 0 Å². The average molecular weight is 720 g/mol. The summed E-state index contributed by atoms with van der Waals surface area (Å²) in [5.74, 6) is -1.13. The normalized spacial score (nSPS) is 11.9. The molecular formula is C42H33N5O3S2. The largest absolute Gasteiger partial charge is 0.361 e. The number of hydrogen-bond donors (Lipinski definition) is 4. The van der Waals surface area contributed by atoms with E-state index in [9.17, 15) is 14.4 Å². The first-order valence-electron chi connectivity index (χ1n) is 16.5. The van der Waals surface area contributed by atoms with Gasteiger partial charge in [-0.15, -0.1) is 23.1 Å². The summed E-state index contributed by atoms with van der Waals surface area (Å²) in [5, 5.41) is 11.5. The summed E-state index contributed by atoms with van der Waals surface area (Å²) >= 11 is 2.74. The van der Waals surface area contributed by atoms with Gasteiger partial charge in [0.15, 0.2) is 5.13 Å². The second-order valence-corrected chi connectivity index (χ2v) is 14.0. The van der Waals surface area contributed by atoms with E-state index in [0.29, 0.717) is 16.4 Å². The Morgan fingerprint density at radius 3 is 2.33 bits per heavy atom. The van der Waals surface area contributed by atoms with Gasteiger partial charge in [0, 0.05) is 49.8 Å². The topological polar surface area (TPSA) is 116 Å². The Morgan fingerprint density at radius 2 is 1.54 bits per heavy atom. The van der Waals surface area contributed by atoms with Crippen LogP contribution >= 0.6 is 23.1 Å². The molecule has 7 aromatic rings. The highest BCUT2D eigenvalue weighted by Gasteiger charge is 2.24. The highest BCUT2D eigenvalue weighted by Crippen LogP contribution is 2.38. The zero-order valence-electron chi connectivity index (χ0n) is 28.0. The van der Waals surface area contributed by atoms with Gasteiger partial charge in [0.25, 0.3) is 11.8 Å². The smallest absolute Gasteiger partial charge is 0.272 e. The van der Waals surface area contributed by atoms with Gasteiger partial charge in [-0.25, -0.2) is 4.98 Å². The molecule has 0 fully saturated rings. The first-order chi connectivity index (χ1) is 25.4. The maximum absolute atomic E-state index is 13.8. The van der Waals surface area contributed by atoms with Crippen LogP contribution in [0.2, 0.25) is 0 Å². The molecule has 3 amide bonds. The molecular weight excluding hydrogens is 687 g/mol. The molecule has 5 aromatic carbocycles. The van der Waals surface area contributed by atoms with Crippen LogP contribution in [0, 0.1) is 6.92 Å². The monoisotopic (exact) mass is 719 g/mol. The highest BCUT2D eigenvalue weighted by molar-refractivity contribution is 8.00. The van der Waals surface area contributed by atoms with Crippen molar-refractivity contribution in [2.75, 3.05) is 10.6 Å². The third-order valence-corrected chi connectivity index (χ3v) is 10.2. The van der Waals surface area contributed by atoms with E-state index in [1.165, 1.54) is 23.1 Å². The van der Waals surface area contributed by atoms with Gasteiger partial charge in [-0.05, 0) is 55.0 Å². The van der Waals surface area contributed by atoms with Gasteiger partial charge in [0.2, 0.25) is 5.91 Å². The molecule has 10 heteroatoms. The number of thiazole rings is 1. The van der Waals surface area contributed by atoms with Crippen molar-refractivity contribution in [1.82, 2.24) is 15.3 Å². The zero-order chi connectivity index (χ0) is 35.9. The number of benzene rings is 5. The zero-order valence-corrected chi connectivity index (χ0v) is 29.6. The number of thioether (sulfide) groups is 1. The van der Waals surface area contributed by atoms with E-state index in [1.54, 1.807) is 42.6 Å². The van der Waals surface area contributed by atoms with Gasteiger partial charge in [0.05, 0.1) is 5.69 Å². The number of para-hydroxylation sites is 1. The van der Waals surface area contributed by atoms with Gasteiger partial charge in [-0.3, -0.25) is 14.4 Å². The van der Waals surface area contributed by atoms with Crippen LogP contribution < -0.4 is 16.0 Å². The van der Waals surface area contributed by atoms with Crippen LogP contribution in [0.5, 0.6) is 0 Å². The number of aromatic nitrogens is 2. The summed E-state index contributed by atoms with van der Waals surface area (Å²) in [6.45, 7) is 2.04. The minimum Gasteiger partial charge on any atom is -0.361 e. The first-order valence-corrected chi connectivity index (χ1v) is 18.3. The molecule has 0 saturated carbocycles. The SMILES string of the molecule is Cc1ccc(-c2csc(NC(=O)C(Sc3cccc(NC(=O)/C(=C/c4c[nH]c5ccccc45)NC(=O)c4ccccc4)c3)c3ccccc3)n2)cc1. The minimum absolute atomic E-state index is 0.0756. The molecule has 4 N–H and O–H groups in total. The van der Waals surface area contributed by atoms with Gasteiger partial charge < -0.3 is 20.9 Å². The fourth-order valence-electron chi connectivity index (χ4n) is 5.55. The van der Waals surface area contributed by atoms with E-state index >= 15 is 0 Å². The predicted octanol–water partition coefficient (Wildman–Crippen LogP) is 9.48. The Kier molecular flexibility index (Phi) is 10.4. The molecule has 1 unspecified atom stereocenters. The number of hydrogen-bond acceptors (Lipinski definition) is 6. The van der Waals surface area contributed by atoms with Crippen LogP contribution in [0.4, 0.5) is 10.8 Å². The number of anilines is 2. The predicted molar refractivity (Wildman–Crippen MR) is 211 cm³/mol. The molecule has 256 valence electrons. The Balaban J connectivity index is 1.11. The molecule has 2 heterocycles. The second-order valence-electron chi connectivity index (χ2n) is 12.0. The molecule has 8 nitrogen and oxygen atoms in total. The lowest BCUT2D eigenvalue weighted by Crippen LogP contribution is -2.30. The lowest BCUT2D eigenvalue weighted by molar-refractivity contribution is -0.116. The number of nitrogens with one attached hydrogen (secondary N) is 4. The maximum Gasteiger partial charge on any atom is 0.272 e. The van der Waals surface area contributed by atoms with Crippen molar-refractivity contribution in [2.24, 2.45) is 0 Å². The number of H-pyrrole nitrogens is 1. The van der Waals surface area contributed by atoms with Gasteiger partial charge >= 0.3 is 0 Å².